The van der Waals surface area contributed by atoms with Gasteiger partial charge in [0, 0.05) is 51.4 Å². The Kier molecular flexibility index (Phi) is 7.04. The zero-order valence-corrected chi connectivity index (χ0v) is 19.4. The number of hydrogen-bond acceptors (Lipinski definition) is 5. The Bertz CT molecular complexity index is 942. The van der Waals surface area contributed by atoms with E-state index in [-0.39, 0.29) is 17.6 Å². The summed E-state index contributed by atoms with van der Waals surface area (Å²) >= 11 is 0. The van der Waals surface area contributed by atoms with Crippen LogP contribution in [0.2, 0.25) is 0 Å². The molecule has 0 radical (unpaired) electrons. The van der Waals surface area contributed by atoms with E-state index in [9.17, 15) is 9.18 Å². The molecule has 0 saturated carbocycles. The molecule has 1 aromatic heterocycles. The molecule has 172 valence electrons. The summed E-state index contributed by atoms with van der Waals surface area (Å²) in [6.45, 7) is 6.18. The average molecular weight is 440 g/mol. The molecular formula is C25H34FN5O. The number of piperidine rings is 2. The molecule has 4 rings (SSSR count). The number of carbonyl (C=O) groups excluding carboxylic acids is 1. The number of carbonyl (C=O) groups is 1. The number of nitrogens with zero attached hydrogens (tertiary/aromatic N) is 5. The van der Waals surface area contributed by atoms with Gasteiger partial charge in [0.2, 0.25) is 11.9 Å². The third kappa shape index (κ3) is 5.26. The van der Waals surface area contributed by atoms with Crippen LogP contribution in [0.25, 0.3) is 11.1 Å². The number of benzene rings is 1. The van der Waals surface area contributed by atoms with Gasteiger partial charge in [-0.3, -0.25) is 9.69 Å². The second-order valence-electron chi connectivity index (χ2n) is 9.51. The third-order valence-electron chi connectivity index (χ3n) is 6.73. The van der Waals surface area contributed by atoms with E-state index in [4.69, 9.17) is 4.98 Å². The van der Waals surface area contributed by atoms with Crippen molar-refractivity contribution in [3.63, 3.8) is 0 Å². The first-order valence-electron chi connectivity index (χ1n) is 11.7. The molecule has 2 saturated heterocycles. The summed E-state index contributed by atoms with van der Waals surface area (Å²) in [5.41, 5.74) is 2.61. The minimum absolute atomic E-state index is 0.179. The van der Waals surface area contributed by atoms with Crippen LogP contribution < -0.4 is 4.90 Å². The second kappa shape index (κ2) is 9.94. The molecule has 0 N–H and O–H groups in total. The minimum Gasteiger partial charge on any atom is -0.347 e. The summed E-state index contributed by atoms with van der Waals surface area (Å²) in [5, 5.41) is 0. The lowest BCUT2D eigenvalue weighted by molar-refractivity contribution is -0.134. The van der Waals surface area contributed by atoms with E-state index in [1.165, 1.54) is 6.07 Å². The number of hydrogen-bond donors (Lipinski definition) is 0. The zero-order valence-electron chi connectivity index (χ0n) is 19.4. The van der Waals surface area contributed by atoms with E-state index in [0.29, 0.717) is 18.4 Å². The lowest BCUT2D eigenvalue weighted by Crippen LogP contribution is -2.46. The van der Waals surface area contributed by atoms with E-state index in [1.807, 2.05) is 36.2 Å². The SMILES string of the molecule is CC1CCN(C(=O)CN2CCC[C@H](c3nc(N(C)C)ncc3-c3cccc(F)c3)C2)CC1. The molecule has 32 heavy (non-hydrogen) atoms. The molecule has 7 heteroatoms. The predicted molar refractivity (Wildman–Crippen MR) is 125 cm³/mol. The highest BCUT2D eigenvalue weighted by Gasteiger charge is 2.29. The topological polar surface area (TPSA) is 52.6 Å². The predicted octanol–water partition coefficient (Wildman–Crippen LogP) is 3.79. The molecule has 0 spiro atoms. The molecule has 2 aliphatic heterocycles. The van der Waals surface area contributed by atoms with Crippen molar-refractivity contribution in [1.29, 1.82) is 0 Å². The Balaban J connectivity index is 1.54. The maximum atomic E-state index is 13.9. The fourth-order valence-electron chi connectivity index (χ4n) is 4.76. The number of likely N-dealkylation sites (tertiary alicyclic amines) is 2. The van der Waals surface area contributed by atoms with Crippen LogP contribution in [0.1, 0.15) is 44.2 Å². The third-order valence-corrected chi connectivity index (χ3v) is 6.73. The number of rotatable bonds is 5. The van der Waals surface area contributed by atoms with Crippen LogP contribution in [0.3, 0.4) is 0 Å². The number of anilines is 1. The number of amides is 1. The summed E-state index contributed by atoms with van der Waals surface area (Å²) < 4.78 is 13.9. The summed E-state index contributed by atoms with van der Waals surface area (Å²) in [5.74, 6) is 1.51. The minimum atomic E-state index is -0.267. The highest BCUT2D eigenvalue weighted by molar-refractivity contribution is 5.78. The first-order chi connectivity index (χ1) is 15.4. The van der Waals surface area contributed by atoms with Crippen molar-refractivity contribution in [2.45, 2.75) is 38.5 Å². The van der Waals surface area contributed by atoms with Gasteiger partial charge in [-0.2, -0.15) is 0 Å². The van der Waals surface area contributed by atoms with Crippen LogP contribution >= 0.6 is 0 Å². The summed E-state index contributed by atoms with van der Waals surface area (Å²) in [6.07, 6.45) is 6.02. The second-order valence-corrected chi connectivity index (χ2v) is 9.51. The Labute approximate surface area is 190 Å². The largest absolute Gasteiger partial charge is 0.347 e. The summed E-state index contributed by atoms with van der Waals surface area (Å²) in [7, 11) is 3.85. The maximum Gasteiger partial charge on any atom is 0.236 e. The molecule has 0 unspecified atom stereocenters. The highest BCUT2D eigenvalue weighted by atomic mass is 19.1. The van der Waals surface area contributed by atoms with Crippen LogP contribution in [-0.4, -0.2) is 72.5 Å². The lowest BCUT2D eigenvalue weighted by atomic mass is 9.90. The van der Waals surface area contributed by atoms with Crippen molar-refractivity contribution < 1.29 is 9.18 Å². The Hall–Kier alpha value is -2.54. The molecule has 0 aliphatic carbocycles. The van der Waals surface area contributed by atoms with E-state index in [0.717, 1.165) is 68.7 Å². The van der Waals surface area contributed by atoms with Crippen LogP contribution in [0.15, 0.2) is 30.5 Å². The molecule has 6 nitrogen and oxygen atoms in total. The summed E-state index contributed by atoms with van der Waals surface area (Å²) in [6, 6.07) is 6.62. The molecule has 0 bridgehead atoms. The summed E-state index contributed by atoms with van der Waals surface area (Å²) in [4.78, 5) is 28.5. The Morgan fingerprint density at radius 2 is 1.97 bits per heavy atom. The molecule has 3 heterocycles. The van der Waals surface area contributed by atoms with Gasteiger partial charge < -0.3 is 9.80 Å². The quantitative estimate of drug-likeness (QED) is 0.710. The molecular weight excluding hydrogens is 405 g/mol. The Morgan fingerprint density at radius 1 is 1.19 bits per heavy atom. The first kappa shape index (κ1) is 22.6. The first-order valence-corrected chi connectivity index (χ1v) is 11.7. The van der Waals surface area contributed by atoms with Crippen molar-refractivity contribution in [3.8, 4) is 11.1 Å². The molecule has 2 fully saturated rings. The standard InChI is InChI=1S/C25H34FN5O/c1-18-9-12-31(13-10-18)23(32)17-30-11-5-7-20(16-30)24-22(15-27-25(28-24)29(2)3)19-6-4-8-21(26)14-19/h4,6,8,14-15,18,20H,5,7,9-13,16-17H2,1-3H3/t20-/m0/s1. The van der Waals surface area contributed by atoms with Gasteiger partial charge in [-0.25, -0.2) is 14.4 Å². The fourth-order valence-corrected chi connectivity index (χ4v) is 4.76. The molecule has 1 amide bonds. The molecule has 2 aliphatic rings. The molecule has 2 aromatic rings. The van der Waals surface area contributed by atoms with Crippen molar-refractivity contribution in [1.82, 2.24) is 19.8 Å². The number of halogens is 1. The van der Waals surface area contributed by atoms with Crippen LogP contribution in [0.5, 0.6) is 0 Å². The molecule has 1 aromatic carbocycles. The zero-order chi connectivity index (χ0) is 22.7. The van der Waals surface area contributed by atoms with Crippen molar-refractivity contribution in [3.05, 3.63) is 42.0 Å². The van der Waals surface area contributed by atoms with E-state index in [2.05, 4.69) is 16.8 Å². The Morgan fingerprint density at radius 3 is 2.69 bits per heavy atom. The van der Waals surface area contributed by atoms with Gasteiger partial charge in [-0.15, -0.1) is 0 Å². The smallest absolute Gasteiger partial charge is 0.236 e. The van der Waals surface area contributed by atoms with Gasteiger partial charge >= 0.3 is 0 Å². The van der Waals surface area contributed by atoms with E-state index >= 15 is 0 Å². The monoisotopic (exact) mass is 439 g/mol. The van der Waals surface area contributed by atoms with E-state index < -0.39 is 0 Å². The van der Waals surface area contributed by atoms with Crippen LogP contribution in [-0.2, 0) is 4.79 Å². The van der Waals surface area contributed by atoms with Gasteiger partial charge in [0.05, 0.1) is 12.2 Å². The van der Waals surface area contributed by atoms with E-state index in [1.54, 1.807) is 12.1 Å². The van der Waals surface area contributed by atoms with Crippen LogP contribution in [0.4, 0.5) is 10.3 Å². The van der Waals surface area contributed by atoms with Gasteiger partial charge in [-0.1, -0.05) is 19.1 Å². The fraction of sp³-hybridized carbons (Fsp3) is 0.560. The van der Waals surface area contributed by atoms with Gasteiger partial charge in [0.25, 0.3) is 0 Å². The van der Waals surface area contributed by atoms with Gasteiger partial charge in [-0.05, 0) is 55.8 Å². The maximum absolute atomic E-state index is 13.9. The average Bonchev–Trinajstić information content (AvgIpc) is 2.79. The normalized spacial score (nSPS) is 20.4. The van der Waals surface area contributed by atoms with Crippen molar-refractivity contribution in [2.24, 2.45) is 5.92 Å². The number of aromatic nitrogens is 2. The van der Waals surface area contributed by atoms with Crippen molar-refractivity contribution in [2.75, 3.05) is 51.7 Å². The van der Waals surface area contributed by atoms with Gasteiger partial charge in [0.15, 0.2) is 0 Å². The molecule has 1 atom stereocenters. The lowest BCUT2D eigenvalue weighted by Gasteiger charge is -2.36. The highest BCUT2D eigenvalue weighted by Crippen LogP contribution is 2.34. The van der Waals surface area contributed by atoms with Crippen LogP contribution in [0, 0.1) is 11.7 Å². The van der Waals surface area contributed by atoms with Gasteiger partial charge in [0.1, 0.15) is 5.82 Å². The van der Waals surface area contributed by atoms with Crippen molar-refractivity contribution >= 4 is 11.9 Å².